The Balaban J connectivity index is 2.16. The number of benzene rings is 1. The van der Waals surface area contributed by atoms with E-state index in [1.807, 2.05) is 0 Å². The highest BCUT2D eigenvalue weighted by Gasteiger charge is 2.34. The Labute approximate surface area is 154 Å². The van der Waals surface area contributed by atoms with E-state index in [-0.39, 0.29) is 17.1 Å². The van der Waals surface area contributed by atoms with Gasteiger partial charge in [-0.2, -0.15) is 18.3 Å². The minimum Gasteiger partial charge on any atom is -0.487 e. The van der Waals surface area contributed by atoms with E-state index in [2.05, 4.69) is 10.4 Å². The molecule has 0 aliphatic heterocycles. The van der Waals surface area contributed by atoms with Crippen LogP contribution in [0.1, 0.15) is 11.4 Å². The van der Waals surface area contributed by atoms with Crippen LogP contribution < -0.4 is 10.1 Å². The average Bonchev–Trinajstić information content (AvgIpc) is 2.93. The second kappa shape index (κ2) is 8.19. The number of hydrogen-bond acceptors (Lipinski definition) is 5. The molecule has 1 aromatic carbocycles. The highest BCUT2D eigenvalue weighted by molar-refractivity contribution is 5.91. The number of rotatable bonds is 7. The summed E-state index contributed by atoms with van der Waals surface area (Å²) < 4.78 is 68.0. The van der Waals surface area contributed by atoms with Gasteiger partial charge in [0.1, 0.15) is 18.9 Å². The number of alkyl halides is 5. The topological polar surface area (TPSA) is 99.3 Å². The van der Waals surface area contributed by atoms with Crippen LogP contribution in [-0.2, 0) is 17.5 Å². The van der Waals surface area contributed by atoms with Gasteiger partial charge in [-0.25, -0.2) is 8.78 Å². The van der Waals surface area contributed by atoms with Gasteiger partial charge in [-0.1, -0.05) is 0 Å². The molecule has 28 heavy (non-hydrogen) atoms. The lowest BCUT2D eigenvalue weighted by Gasteiger charge is -2.10. The number of carbonyl (C=O) groups is 1. The third-order valence-electron chi connectivity index (χ3n) is 3.33. The summed E-state index contributed by atoms with van der Waals surface area (Å²) in [5, 5.41) is 16.5. The van der Waals surface area contributed by atoms with Gasteiger partial charge in [-0.05, 0) is 13.0 Å². The molecule has 0 bridgehead atoms. The third kappa shape index (κ3) is 5.62. The molecule has 0 saturated heterocycles. The summed E-state index contributed by atoms with van der Waals surface area (Å²) in [6.45, 7) is -0.293. The van der Waals surface area contributed by atoms with Gasteiger partial charge in [-0.15, -0.1) is 0 Å². The number of amides is 1. The molecule has 2 aromatic rings. The van der Waals surface area contributed by atoms with Gasteiger partial charge in [0, 0.05) is 17.8 Å². The number of aromatic nitrogens is 2. The van der Waals surface area contributed by atoms with Crippen molar-refractivity contribution in [2.24, 2.45) is 0 Å². The lowest BCUT2D eigenvalue weighted by Crippen LogP contribution is -2.21. The number of halogens is 5. The van der Waals surface area contributed by atoms with E-state index in [1.54, 1.807) is 0 Å². The SMILES string of the molecule is Cc1cc(C(F)(F)F)nn1CC(=O)Nc1cc(OCC(F)F)cc([N+](=O)[O-])c1. The van der Waals surface area contributed by atoms with Crippen molar-refractivity contribution in [3.8, 4) is 5.75 Å². The van der Waals surface area contributed by atoms with Crippen LogP contribution in [-0.4, -0.2) is 33.6 Å². The van der Waals surface area contributed by atoms with Crippen LogP contribution >= 0.6 is 0 Å². The maximum atomic E-state index is 12.7. The molecule has 0 atom stereocenters. The van der Waals surface area contributed by atoms with Crippen molar-refractivity contribution in [2.75, 3.05) is 11.9 Å². The van der Waals surface area contributed by atoms with E-state index in [9.17, 15) is 36.9 Å². The molecule has 0 radical (unpaired) electrons. The minimum atomic E-state index is -4.68. The number of aryl methyl sites for hydroxylation is 1. The molecule has 0 spiro atoms. The fourth-order valence-corrected chi connectivity index (χ4v) is 2.15. The lowest BCUT2D eigenvalue weighted by atomic mass is 10.2. The van der Waals surface area contributed by atoms with Crippen molar-refractivity contribution in [1.29, 1.82) is 0 Å². The van der Waals surface area contributed by atoms with Crippen molar-refractivity contribution in [1.82, 2.24) is 9.78 Å². The number of anilines is 1. The van der Waals surface area contributed by atoms with Crippen LogP contribution in [0.5, 0.6) is 5.75 Å². The average molecular weight is 408 g/mol. The van der Waals surface area contributed by atoms with Crippen molar-refractivity contribution in [2.45, 2.75) is 26.1 Å². The minimum absolute atomic E-state index is 0.0717. The molecule has 0 saturated carbocycles. The molecule has 1 aromatic heterocycles. The third-order valence-corrected chi connectivity index (χ3v) is 3.33. The van der Waals surface area contributed by atoms with E-state index in [0.29, 0.717) is 0 Å². The first-order valence-corrected chi connectivity index (χ1v) is 7.57. The fourth-order valence-electron chi connectivity index (χ4n) is 2.15. The zero-order valence-electron chi connectivity index (χ0n) is 14.2. The Morgan fingerprint density at radius 3 is 2.54 bits per heavy atom. The van der Waals surface area contributed by atoms with Crippen molar-refractivity contribution < 1.29 is 36.4 Å². The lowest BCUT2D eigenvalue weighted by molar-refractivity contribution is -0.384. The molecule has 1 N–H and O–H groups in total. The van der Waals surface area contributed by atoms with Crippen LogP contribution in [0.4, 0.5) is 33.3 Å². The van der Waals surface area contributed by atoms with E-state index >= 15 is 0 Å². The molecule has 13 heteroatoms. The summed E-state index contributed by atoms with van der Waals surface area (Å²) in [6.07, 6.45) is -7.49. The zero-order valence-corrected chi connectivity index (χ0v) is 14.2. The summed E-state index contributed by atoms with van der Waals surface area (Å²) in [7, 11) is 0. The van der Waals surface area contributed by atoms with Crippen molar-refractivity contribution in [3.05, 3.63) is 45.8 Å². The summed E-state index contributed by atoms with van der Waals surface area (Å²) in [5.74, 6) is -1.11. The van der Waals surface area contributed by atoms with Crippen LogP contribution in [0.25, 0.3) is 0 Å². The molecule has 2 rings (SSSR count). The van der Waals surface area contributed by atoms with Gasteiger partial charge >= 0.3 is 6.18 Å². The molecule has 0 aliphatic rings. The number of nitro groups is 1. The molecular weight excluding hydrogens is 395 g/mol. The molecule has 0 aliphatic carbocycles. The second-order valence-corrected chi connectivity index (χ2v) is 5.55. The van der Waals surface area contributed by atoms with Gasteiger partial charge < -0.3 is 10.1 Å². The summed E-state index contributed by atoms with van der Waals surface area (Å²) in [5.41, 5.74) is -1.78. The largest absolute Gasteiger partial charge is 0.487 e. The number of carbonyl (C=O) groups excluding carboxylic acids is 1. The Hall–Kier alpha value is -3.25. The monoisotopic (exact) mass is 408 g/mol. The van der Waals surface area contributed by atoms with E-state index in [4.69, 9.17) is 4.74 Å². The Morgan fingerprint density at radius 2 is 2.00 bits per heavy atom. The molecule has 152 valence electrons. The Bertz CT molecular complexity index is 882. The van der Waals surface area contributed by atoms with Crippen LogP contribution in [0, 0.1) is 17.0 Å². The van der Waals surface area contributed by atoms with Gasteiger partial charge in [0.25, 0.3) is 12.1 Å². The number of nitrogens with one attached hydrogen (secondary N) is 1. The highest BCUT2D eigenvalue weighted by atomic mass is 19.4. The number of hydrogen-bond donors (Lipinski definition) is 1. The van der Waals surface area contributed by atoms with E-state index in [1.165, 1.54) is 6.92 Å². The van der Waals surface area contributed by atoms with Crippen molar-refractivity contribution >= 4 is 17.3 Å². The summed E-state index contributed by atoms with van der Waals surface area (Å²) in [4.78, 5) is 22.2. The molecular formula is C15H13F5N4O4. The van der Waals surface area contributed by atoms with Crippen LogP contribution in [0.15, 0.2) is 24.3 Å². The number of ether oxygens (including phenoxy) is 1. The first-order chi connectivity index (χ1) is 13.0. The predicted octanol–water partition coefficient (Wildman–Crippen LogP) is 3.40. The summed E-state index contributed by atoms with van der Waals surface area (Å²) >= 11 is 0. The standard InChI is InChI=1S/C15H13F5N4O4/c1-8-2-12(15(18,19)20)22-23(8)6-14(25)21-9-3-10(24(26)27)5-11(4-9)28-7-13(16)17/h2-5,13H,6-7H2,1H3,(H,21,25). The maximum Gasteiger partial charge on any atom is 0.435 e. The normalized spacial score (nSPS) is 11.5. The zero-order chi connectivity index (χ0) is 21.1. The molecule has 1 amide bonds. The van der Waals surface area contributed by atoms with E-state index in [0.717, 1.165) is 28.9 Å². The van der Waals surface area contributed by atoms with Gasteiger partial charge in [0.05, 0.1) is 16.7 Å². The molecule has 0 fully saturated rings. The van der Waals surface area contributed by atoms with Crippen LogP contribution in [0.2, 0.25) is 0 Å². The van der Waals surface area contributed by atoms with Gasteiger partial charge in [0.2, 0.25) is 5.91 Å². The number of nitro benzene ring substituents is 1. The first kappa shape index (κ1) is 21.1. The summed E-state index contributed by atoms with van der Waals surface area (Å²) in [6, 6.07) is 3.68. The predicted molar refractivity (Wildman–Crippen MR) is 85.2 cm³/mol. The van der Waals surface area contributed by atoms with Crippen LogP contribution in [0.3, 0.4) is 0 Å². The highest BCUT2D eigenvalue weighted by Crippen LogP contribution is 2.29. The second-order valence-electron chi connectivity index (χ2n) is 5.55. The Morgan fingerprint density at radius 1 is 1.32 bits per heavy atom. The Kier molecular flexibility index (Phi) is 6.16. The molecule has 0 unspecified atom stereocenters. The molecule has 1 heterocycles. The fraction of sp³-hybridized carbons (Fsp3) is 0.333. The smallest absolute Gasteiger partial charge is 0.435 e. The maximum absolute atomic E-state index is 12.7. The van der Waals surface area contributed by atoms with Crippen molar-refractivity contribution in [3.63, 3.8) is 0 Å². The van der Waals surface area contributed by atoms with E-state index < -0.39 is 48.0 Å². The molecule has 8 nitrogen and oxygen atoms in total. The van der Waals surface area contributed by atoms with Gasteiger partial charge in [0.15, 0.2) is 5.69 Å². The quantitative estimate of drug-likeness (QED) is 0.430. The first-order valence-electron chi connectivity index (χ1n) is 7.57. The van der Waals surface area contributed by atoms with Gasteiger partial charge in [-0.3, -0.25) is 19.6 Å². The number of non-ortho nitro benzene ring substituents is 1. The number of nitrogens with zero attached hydrogens (tertiary/aromatic N) is 3.